The Labute approximate surface area is 150 Å². The maximum Gasteiger partial charge on any atom is 0.509 e. The van der Waals surface area contributed by atoms with Crippen molar-refractivity contribution < 1.29 is 23.9 Å². The smallest absolute Gasteiger partial charge is 0.435 e. The summed E-state index contributed by atoms with van der Waals surface area (Å²) in [6.07, 6.45) is -2.07. The number of ketones is 1. The maximum absolute atomic E-state index is 12.6. The van der Waals surface area contributed by atoms with Crippen LogP contribution in [-0.4, -0.2) is 42.0 Å². The van der Waals surface area contributed by atoms with Crippen LogP contribution in [0.15, 0.2) is 48.5 Å². The first-order valence-corrected chi connectivity index (χ1v) is 8.48. The molecule has 1 aliphatic heterocycles. The Morgan fingerprint density at radius 2 is 1.62 bits per heavy atom. The highest BCUT2D eigenvalue weighted by molar-refractivity contribution is 6.40. The predicted molar refractivity (Wildman–Crippen MR) is 92.3 cm³/mol. The van der Waals surface area contributed by atoms with E-state index < -0.39 is 23.9 Å². The minimum atomic E-state index is -1.14. The third-order valence-electron chi connectivity index (χ3n) is 4.74. The van der Waals surface area contributed by atoms with Crippen molar-refractivity contribution in [3.63, 3.8) is 0 Å². The second-order valence-electron chi connectivity index (χ2n) is 6.19. The molecule has 0 radical (unpaired) electrons. The van der Waals surface area contributed by atoms with Gasteiger partial charge in [-0.05, 0) is 29.2 Å². The minimum Gasteiger partial charge on any atom is -0.435 e. The van der Waals surface area contributed by atoms with Gasteiger partial charge in [0.05, 0.1) is 19.2 Å². The summed E-state index contributed by atoms with van der Waals surface area (Å²) in [5.74, 6) is -1.37. The molecule has 0 aromatic heterocycles. The Hall–Kier alpha value is -3.15. The number of nitrogens with zero attached hydrogens (tertiary/aromatic N) is 1. The van der Waals surface area contributed by atoms with E-state index in [1.165, 1.54) is 4.90 Å². The minimum absolute atomic E-state index is 0.0177. The topological polar surface area (TPSA) is 72.9 Å². The zero-order chi connectivity index (χ0) is 18.3. The molecule has 132 valence electrons. The highest BCUT2D eigenvalue weighted by atomic mass is 16.7. The molecule has 4 rings (SSSR count). The summed E-state index contributed by atoms with van der Waals surface area (Å²) in [5.41, 5.74) is 4.02. The molecule has 1 fully saturated rings. The molecule has 1 heterocycles. The summed E-state index contributed by atoms with van der Waals surface area (Å²) in [5, 5.41) is 0. The van der Waals surface area contributed by atoms with Gasteiger partial charge in [0.1, 0.15) is 0 Å². The lowest BCUT2D eigenvalue weighted by molar-refractivity contribution is -0.142. The fraction of sp³-hybridized carbons (Fsp3) is 0.250. The number of hydrogen-bond donors (Lipinski definition) is 0. The van der Waals surface area contributed by atoms with Crippen LogP contribution in [-0.2, 0) is 19.1 Å². The fourth-order valence-corrected chi connectivity index (χ4v) is 3.67. The van der Waals surface area contributed by atoms with Gasteiger partial charge in [0.15, 0.2) is 6.10 Å². The lowest BCUT2D eigenvalue weighted by Gasteiger charge is -2.25. The second kappa shape index (κ2) is 6.29. The Kier molecular flexibility index (Phi) is 3.95. The van der Waals surface area contributed by atoms with Gasteiger partial charge in [-0.15, -0.1) is 0 Å². The van der Waals surface area contributed by atoms with E-state index in [9.17, 15) is 14.4 Å². The summed E-state index contributed by atoms with van der Waals surface area (Å²) in [6.45, 7) is 1.80. The van der Waals surface area contributed by atoms with Crippen LogP contribution < -0.4 is 0 Å². The molecule has 6 heteroatoms. The monoisotopic (exact) mass is 351 g/mol. The molecule has 1 unspecified atom stereocenters. The molecule has 6 nitrogen and oxygen atoms in total. The summed E-state index contributed by atoms with van der Waals surface area (Å²) < 4.78 is 9.74. The lowest BCUT2D eigenvalue weighted by atomic mass is 10.0. The Bertz CT molecular complexity index is 861. The van der Waals surface area contributed by atoms with Crippen LogP contribution in [0.3, 0.4) is 0 Å². The Balaban J connectivity index is 1.69. The molecule has 0 saturated carbocycles. The van der Waals surface area contributed by atoms with E-state index in [0.29, 0.717) is 0 Å². The molecule has 1 saturated heterocycles. The quantitative estimate of drug-likeness (QED) is 0.628. The molecule has 0 N–H and O–H groups in total. The molecule has 2 aliphatic rings. The number of fused-ring (bicyclic) bond motifs is 3. The lowest BCUT2D eigenvalue weighted by Crippen LogP contribution is -2.31. The largest absolute Gasteiger partial charge is 0.509 e. The first-order valence-electron chi connectivity index (χ1n) is 8.48. The van der Waals surface area contributed by atoms with Gasteiger partial charge in [-0.2, -0.15) is 0 Å². The zero-order valence-electron chi connectivity index (χ0n) is 14.2. The van der Waals surface area contributed by atoms with Gasteiger partial charge in [-0.25, -0.2) is 4.79 Å². The fourth-order valence-electron chi connectivity index (χ4n) is 3.67. The number of ether oxygens (including phenoxy) is 2. The van der Waals surface area contributed by atoms with Crippen molar-refractivity contribution in [1.82, 2.24) is 4.90 Å². The van der Waals surface area contributed by atoms with E-state index >= 15 is 0 Å². The van der Waals surface area contributed by atoms with Crippen molar-refractivity contribution in [3.8, 4) is 11.1 Å². The standard InChI is InChI=1S/C20H17NO5/c1-2-25-20(24)26-16-11-21(19(23)18(16)22)17-14-9-5-3-7-12(14)13-8-4-6-10-15(13)17/h3-10,16-17H,2,11H2,1H3. The molecule has 0 spiro atoms. The van der Waals surface area contributed by atoms with Gasteiger partial charge >= 0.3 is 6.16 Å². The molecular weight excluding hydrogens is 334 g/mol. The van der Waals surface area contributed by atoms with Gasteiger partial charge < -0.3 is 14.4 Å². The summed E-state index contributed by atoms with van der Waals surface area (Å²) in [6, 6.07) is 15.3. The molecule has 2 aromatic carbocycles. The first-order chi connectivity index (χ1) is 12.6. The Morgan fingerprint density at radius 3 is 2.19 bits per heavy atom. The van der Waals surface area contributed by atoms with Crippen molar-refractivity contribution >= 4 is 17.8 Å². The number of Topliss-reactive ketones (excluding diaryl/α,β-unsaturated/α-hetero) is 1. The van der Waals surface area contributed by atoms with Crippen LogP contribution in [0.2, 0.25) is 0 Å². The van der Waals surface area contributed by atoms with Gasteiger partial charge in [-0.3, -0.25) is 9.59 Å². The van der Waals surface area contributed by atoms with Crippen LogP contribution in [0.25, 0.3) is 11.1 Å². The van der Waals surface area contributed by atoms with Gasteiger partial charge in [0.25, 0.3) is 11.7 Å². The second-order valence-corrected chi connectivity index (χ2v) is 6.19. The van der Waals surface area contributed by atoms with Crippen molar-refractivity contribution in [2.24, 2.45) is 0 Å². The molecular formula is C20H17NO5. The van der Waals surface area contributed by atoms with Crippen molar-refractivity contribution in [2.45, 2.75) is 19.1 Å². The number of carbonyl (C=O) groups excluding carboxylic acids is 3. The number of benzene rings is 2. The third-order valence-corrected chi connectivity index (χ3v) is 4.74. The molecule has 26 heavy (non-hydrogen) atoms. The number of likely N-dealkylation sites (tertiary alicyclic amines) is 1. The highest BCUT2D eigenvalue weighted by Gasteiger charge is 2.47. The average molecular weight is 351 g/mol. The molecule has 0 bridgehead atoms. The van der Waals surface area contributed by atoms with Crippen LogP contribution in [0.4, 0.5) is 4.79 Å². The molecule has 1 amide bonds. The van der Waals surface area contributed by atoms with Crippen LogP contribution >= 0.6 is 0 Å². The number of hydrogen-bond acceptors (Lipinski definition) is 5. The van der Waals surface area contributed by atoms with Crippen LogP contribution in [0.1, 0.15) is 24.1 Å². The summed E-state index contributed by atoms with van der Waals surface area (Å²) in [4.78, 5) is 38.0. The van der Waals surface area contributed by atoms with Crippen molar-refractivity contribution in [1.29, 1.82) is 0 Å². The van der Waals surface area contributed by atoms with Crippen molar-refractivity contribution in [2.75, 3.05) is 13.2 Å². The average Bonchev–Trinajstić information content (AvgIpc) is 3.11. The first kappa shape index (κ1) is 16.3. The van der Waals surface area contributed by atoms with Crippen LogP contribution in [0, 0.1) is 0 Å². The van der Waals surface area contributed by atoms with Crippen LogP contribution in [0.5, 0.6) is 0 Å². The van der Waals surface area contributed by atoms with E-state index in [-0.39, 0.29) is 19.2 Å². The van der Waals surface area contributed by atoms with Gasteiger partial charge in [-0.1, -0.05) is 48.5 Å². The normalized spacial score (nSPS) is 18.7. The van der Waals surface area contributed by atoms with E-state index in [1.807, 2.05) is 48.5 Å². The maximum atomic E-state index is 12.6. The Morgan fingerprint density at radius 1 is 1.04 bits per heavy atom. The predicted octanol–water partition coefficient (Wildman–Crippen LogP) is 2.71. The van der Waals surface area contributed by atoms with E-state index in [0.717, 1.165) is 22.3 Å². The highest BCUT2D eigenvalue weighted by Crippen LogP contribution is 2.47. The summed E-state index contributed by atoms with van der Waals surface area (Å²) >= 11 is 0. The van der Waals surface area contributed by atoms with E-state index in [2.05, 4.69) is 0 Å². The van der Waals surface area contributed by atoms with Crippen molar-refractivity contribution in [3.05, 3.63) is 59.7 Å². The molecule has 1 atom stereocenters. The van der Waals surface area contributed by atoms with Gasteiger partial charge in [0, 0.05) is 0 Å². The molecule has 2 aromatic rings. The number of amides is 1. The SMILES string of the molecule is CCOC(=O)OC1CN(C2c3ccccc3-c3ccccc32)C(=O)C1=O. The third kappa shape index (κ3) is 2.45. The van der Waals surface area contributed by atoms with E-state index in [1.54, 1.807) is 6.92 Å². The zero-order valence-corrected chi connectivity index (χ0v) is 14.2. The molecule has 1 aliphatic carbocycles. The van der Waals surface area contributed by atoms with Gasteiger partial charge in [0.2, 0.25) is 0 Å². The number of rotatable bonds is 3. The number of carbonyl (C=O) groups is 3. The van der Waals surface area contributed by atoms with E-state index in [4.69, 9.17) is 9.47 Å². The summed E-state index contributed by atoms with van der Waals surface area (Å²) in [7, 11) is 0.